The van der Waals surface area contributed by atoms with E-state index in [1.165, 1.54) is 18.2 Å². The van der Waals surface area contributed by atoms with Gasteiger partial charge in [0, 0.05) is 23.4 Å². The number of aromatic nitrogens is 4. The van der Waals surface area contributed by atoms with E-state index in [0.717, 1.165) is 36.1 Å². The summed E-state index contributed by atoms with van der Waals surface area (Å²) in [5.74, 6) is -0.426. The van der Waals surface area contributed by atoms with Gasteiger partial charge in [-0.1, -0.05) is 0 Å². The molecule has 3 N–H and O–H groups in total. The van der Waals surface area contributed by atoms with Crippen molar-refractivity contribution in [1.82, 2.24) is 15.1 Å². The maximum absolute atomic E-state index is 13.2. The third-order valence-corrected chi connectivity index (χ3v) is 4.91. The summed E-state index contributed by atoms with van der Waals surface area (Å²) in [6.07, 6.45) is 6.11. The number of aromatic amines is 2. The van der Waals surface area contributed by atoms with Gasteiger partial charge in [0.2, 0.25) is 5.69 Å². The zero-order chi connectivity index (χ0) is 21.1. The minimum absolute atomic E-state index is 0.268. The lowest BCUT2D eigenvalue weighted by atomic mass is 10.0. The average Bonchev–Trinajstić information content (AvgIpc) is 3.29. The number of aryl methyl sites for hydroxylation is 2. The van der Waals surface area contributed by atoms with Crippen LogP contribution in [0.2, 0.25) is 0 Å². The Bertz CT molecular complexity index is 1230. The number of hydrogen-bond donors (Lipinski definition) is 3. The number of H-pyrrole nitrogens is 2. The van der Waals surface area contributed by atoms with E-state index in [9.17, 15) is 14.3 Å². The van der Waals surface area contributed by atoms with Gasteiger partial charge in [-0.3, -0.25) is 4.98 Å². The van der Waals surface area contributed by atoms with Crippen molar-refractivity contribution in [3.63, 3.8) is 0 Å². The highest BCUT2D eigenvalue weighted by molar-refractivity contribution is 5.74. The molecule has 0 unspecified atom stereocenters. The van der Waals surface area contributed by atoms with Crippen LogP contribution in [0, 0.1) is 5.82 Å². The van der Waals surface area contributed by atoms with E-state index in [1.54, 1.807) is 12.3 Å². The average molecular weight is 413 g/mol. The van der Waals surface area contributed by atoms with Crippen LogP contribution in [0.15, 0.2) is 45.9 Å². The molecule has 0 atom stereocenters. The molecule has 0 spiro atoms. The highest BCUT2D eigenvalue weighted by Gasteiger charge is 2.20. The van der Waals surface area contributed by atoms with E-state index in [1.807, 2.05) is 17.9 Å². The Balaban J connectivity index is 1.39. The lowest BCUT2D eigenvalue weighted by Crippen LogP contribution is -2.32. The first-order valence-electron chi connectivity index (χ1n) is 9.63. The molecule has 0 aliphatic carbocycles. The molecule has 0 aliphatic heterocycles. The standard InChI is InChI=1S/C21H21FN4O4/c1-26-19(14-9-18-20(23-10-14)25-21(28)30-18)13(11-24-26)4-2-3-7-29-17-6-5-16(22)8-15(17)12-27/h5-6,8-11,27H,2-4,7,12H2,1H3,(H,23,24,25,28)/p+1. The lowest BCUT2D eigenvalue weighted by Gasteiger charge is -2.10. The fourth-order valence-electron chi connectivity index (χ4n) is 3.47. The van der Waals surface area contributed by atoms with Gasteiger partial charge in [0.1, 0.15) is 11.6 Å². The van der Waals surface area contributed by atoms with E-state index in [0.29, 0.717) is 29.2 Å². The second kappa shape index (κ2) is 8.50. The Morgan fingerprint density at radius 3 is 2.97 bits per heavy atom. The largest absolute Gasteiger partial charge is 0.493 e. The van der Waals surface area contributed by atoms with Gasteiger partial charge in [-0.15, -0.1) is 4.68 Å². The molecule has 0 saturated heterocycles. The van der Waals surface area contributed by atoms with Crippen molar-refractivity contribution in [2.24, 2.45) is 7.05 Å². The van der Waals surface area contributed by atoms with Crippen molar-refractivity contribution < 1.29 is 23.3 Å². The third-order valence-electron chi connectivity index (χ3n) is 4.91. The maximum Gasteiger partial charge on any atom is 0.418 e. The Kier molecular flexibility index (Phi) is 5.62. The van der Waals surface area contributed by atoms with Crippen molar-refractivity contribution in [3.8, 4) is 17.0 Å². The summed E-state index contributed by atoms with van der Waals surface area (Å²) in [6.45, 7) is 0.197. The summed E-state index contributed by atoms with van der Waals surface area (Å²) >= 11 is 0. The molecule has 4 rings (SSSR count). The number of ether oxygens (including phenoxy) is 1. The number of rotatable bonds is 8. The smallest absolute Gasteiger partial charge is 0.418 e. The second-order valence-corrected chi connectivity index (χ2v) is 7.01. The summed E-state index contributed by atoms with van der Waals surface area (Å²) in [4.78, 5) is 18.2. The minimum atomic E-state index is -0.529. The van der Waals surface area contributed by atoms with Crippen molar-refractivity contribution in [2.75, 3.05) is 6.61 Å². The molecule has 3 aromatic heterocycles. The number of unbranched alkanes of at least 4 members (excludes halogenated alkanes) is 1. The van der Waals surface area contributed by atoms with Crippen LogP contribution >= 0.6 is 0 Å². The molecular weight excluding hydrogens is 391 g/mol. The summed E-state index contributed by atoms with van der Waals surface area (Å²) < 4.78 is 25.9. The molecule has 0 fully saturated rings. The quantitative estimate of drug-likeness (QED) is 0.304. The van der Waals surface area contributed by atoms with E-state index < -0.39 is 11.6 Å². The zero-order valence-corrected chi connectivity index (χ0v) is 16.4. The Morgan fingerprint density at radius 2 is 2.13 bits per heavy atom. The van der Waals surface area contributed by atoms with Gasteiger partial charge >= 0.3 is 5.76 Å². The van der Waals surface area contributed by atoms with Crippen molar-refractivity contribution in [1.29, 1.82) is 0 Å². The van der Waals surface area contributed by atoms with Crippen LogP contribution in [0.1, 0.15) is 24.0 Å². The fraction of sp³-hybridized carbons (Fsp3) is 0.286. The predicted molar refractivity (Wildman–Crippen MR) is 106 cm³/mol. The number of fused-ring (bicyclic) bond motifs is 1. The Hall–Kier alpha value is -3.46. The second-order valence-electron chi connectivity index (χ2n) is 7.01. The van der Waals surface area contributed by atoms with Crippen LogP contribution in [-0.4, -0.2) is 26.8 Å². The maximum atomic E-state index is 13.2. The molecule has 0 bridgehead atoms. The fourth-order valence-corrected chi connectivity index (χ4v) is 3.47. The summed E-state index contributed by atoms with van der Waals surface area (Å²) in [7, 11) is 1.91. The first kappa shape index (κ1) is 19.8. The molecule has 8 nitrogen and oxygen atoms in total. The van der Waals surface area contributed by atoms with Gasteiger partial charge in [-0.05, 0) is 37.5 Å². The summed E-state index contributed by atoms with van der Waals surface area (Å²) in [6, 6.07) is 5.92. The molecule has 0 amide bonds. The normalized spacial score (nSPS) is 11.3. The van der Waals surface area contributed by atoms with Gasteiger partial charge in [0.25, 0.3) is 0 Å². The van der Waals surface area contributed by atoms with E-state index in [4.69, 9.17) is 9.15 Å². The zero-order valence-electron chi connectivity index (χ0n) is 16.4. The number of aliphatic hydroxyl groups excluding tert-OH is 1. The molecule has 4 aromatic rings. The molecule has 1 aromatic carbocycles. The number of nitrogens with one attached hydrogen (secondary N) is 2. The number of halogens is 1. The Morgan fingerprint density at radius 1 is 1.27 bits per heavy atom. The highest BCUT2D eigenvalue weighted by atomic mass is 19.1. The molecular formula is C21H22FN4O4+. The van der Waals surface area contributed by atoms with Gasteiger partial charge < -0.3 is 14.3 Å². The van der Waals surface area contributed by atoms with E-state index in [2.05, 4.69) is 15.1 Å². The van der Waals surface area contributed by atoms with Gasteiger partial charge in [0.15, 0.2) is 18.3 Å². The van der Waals surface area contributed by atoms with Crippen LogP contribution in [-0.2, 0) is 20.1 Å². The molecule has 0 aliphatic rings. The Labute approximate surface area is 170 Å². The molecule has 0 radical (unpaired) electrons. The number of oxazole rings is 1. The molecule has 30 heavy (non-hydrogen) atoms. The molecule has 156 valence electrons. The monoisotopic (exact) mass is 413 g/mol. The number of hydrogen-bond acceptors (Lipinski definition) is 5. The number of nitrogens with zero attached hydrogens (tertiary/aromatic N) is 2. The number of benzene rings is 1. The SMILES string of the molecule is C[n+]1[nH]cc(CCCCOc2ccc(F)cc2CO)c1-c1cnc2[nH]c(=O)oc2c1. The number of pyridine rings is 1. The summed E-state index contributed by atoms with van der Waals surface area (Å²) in [5, 5.41) is 12.5. The molecule has 9 heteroatoms. The summed E-state index contributed by atoms with van der Waals surface area (Å²) in [5.41, 5.74) is 4.19. The van der Waals surface area contributed by atoms with Crippen molar-refractivity contribution in [3.05, 3.63) is 64.2 Å². The van der Waals surface area contributed by atoms with Crippen LogP contribution in [0.5, 0.6) is 5.75 Å². The molecule has 0 saturated carbocycles. The van der Waals surface area contributed by atoms with E-state index >= 15 is 0 Å². The predicted octanol–water partition coefficient (Wildman–Crippen LogP) is 2.37. The van der Waals surface area contributed by atoms with Gasteiger partial charge in [-0.25, -0.2) is 14.2 Å². The van der Waals surface area contributed by atoms with Crippen LogP contribution in [0.3, 0.4) is 0 Å². The van der Waals surface area contributed by atoms with Gasteiger partial charge in [-0.2, -0.15) is 5.10 Å². The highest BCUT2D eigenvalue weighted by Crippen LogP contribution is 2.24. The van der Waals surface area contributed by atoms with E-state index in [-0.39, 0.29) is 6.61 Å². The third kappa shape index (κ3) is 4.11. The first-order chi connectivity index (χ1) is 14.5. The van der Waals surface area contributed by atoms with Crippen molar-refractivity contribution in [2.45, 2.75) is 25.9 Å². The number of aliphatic hydroxyl groups is 1. The van der Waals surface area contributed by atoms with Crippen LogP contribution in [0.25, 0.3) is 22.5 Å². The van der Waals surface area contributed by atoms with Crippen LogP contribution < -0.4 is 15.2 Å². The molecule has 3 heterocycles. The van der Waals surface area contributed by atoms with Gasteiger partial charge in [0.05, 0.1) is 25.0 Å². The topological polar surface area (TPSA) is 108 Å². The first-order valence-corrected chi connectivity index (χ1v) is 9.63. The minimum Gasteiger partial charge on any atom is -0.493 e. The van der Waals surface area contributed by atoms with Crippen LogP contribution in [0.4, 0.5) is 4.39 Å². The van der Waals surface area contributed by atoms with Crippen molar-refractivity contribution >= 4 is 11.2 Å². The lowest BCUT2D eigenvalue weighted by molar-refractivity contribution is -0.716.